The Labute approximate surface area is 222 Å². The van der Waals surface area contributed by atoms with Crippen molar-refractivity contribution in [1.29, 1.82) is 0 Å². The van der Waals surface area contributed by atoms with Crippen molar-refractivity contribution in [2.24, 2.45) is 5.92 Å². The Balaban J connectivity index is 3.80. The van der Waals surface area contributed by atoms with Crippen LogP contribution in [0.5, 0.6) is 0 Å². The molecule has 1 unspecified atom stereocenters. The molecule has 35 heavy (non-hydrogen) atoms. The first kappa shape index (κ1) is 34.5. The topological polar surface area (TPSA) is 26.3 Å². The van der Waals surface area contributed by atoms with Crippen LogP contribution < -0.4 is 0 Å². The van der Waals surface area contributed by atoms with Gasteiger partial charge in [0.1, 0.15) is 0 Å². The van der Waals surface area contributed by atoms with Crippen molar-refractivity contribution in [3.8, 4) is 0 Å². The average Bonchev–Trinajstić information content (AvgIpc) is 2.86. The maximum atomic E-state index is 12.7. The number of carbonyl (C=O) groups is 1. The highest BCUT2D eigenvalue weighted by Gasteiger charge is 2.19. The predicted molar refractivity (Wildman–Crippen MR) is 156 cm³/mol. The van der Waals surface area contributed by atoms with Gasteiger partial charge in [-0.25, -0.2) is 0 Å². The molecule has 0 N–H and O–H groups in total. The summed E-state index contributed by atoms with van der Waals surface area (Å²) in [7, 11) is 0. The van der Waals surface area contributed by atoms with Crippen LogP contribution in [0.15, 0.2) is 0 Å². The summed E-state index contributed by atoms with van der Waals surface area (Å²) < 4.78 is 5.72. The van der Waals surface area contributed by atoms with Crippen molar-refractivity contribution in [3.05, 3.63) is 0 Å². The summed E-state index contributed by atoms with van der Waals surface area (Å²) in [6.07, 6.45) is 35.4. The van der Waals surface area contributed by atoms with Crippen LogP contribution in [0.1, 0.15) is 194 Å². The molecule has 0 radical (unpaired) electrons. The lowest BCUT2D eigenvalue weighted by Crippen LogP contribution is -2.18. The van der Waals surface area contributed by atoms with E-state index in [1.54, 1.807) is 0 Å². The lowest BCUT2D eigenvalue weighted by molar-refractivity contribution is -0.149. The largest absolute Gasteiger partial charge is 0.465 e. The van der Waals surface area contributed by atoms with Gasteiger partial charge in [-0.1, -0.05) is 175 Å². The summed E-state index contributed by atoms with van der Waals surface area (Å²) in [5.74, 6) is 0.246. The van der Waals surface area contributed by atoms with Gasteiger partial charge in [-0.2, -0.15) is 0 Å². The van der Waals surface area contributed by atoms with Crippen molar-refractivity contribution >= 4 is 5.97 Å². The van der Waals surface area contributed by atoms with Crippen LogP contribution in [0.4, 0.5) is 0 Å². The van der Waals surface area contributed by atoms with Crippen LogP contribution in [-0.4, -0.2) is 12.6 Å². The Hall–Kier alpha value is -0.530. The van der Waals surface area contributed by atoms with E-state index in [2.05, 4.69) is 20.8 Å². The lowest BCUT2D eigenvalue weighted by Gasteiger charge is -2.16. The highest BCUT2D eigenvalue weighted by molar-refractivity contribution is 5.72. The highest BCUT2D eigenvalue weighted by Crippen LogP contribution is 2.21. The number of ether oxygens (including phenoxy) is 1. The average molecular weight is 495 g/mol. The van der Waals surface area contributed by atoms with Crippen LogP contribution in [-0.2, 0) is 9.53 Å². The second-order valence-corrected chi connectivity index (χ2v) is 11.2. The van der Waals surface area contributed by atoms with Gasteiger partial charge in [0.05, 0.1) is 12.5 Å². The summed E-state index contributed by atoms with van der Waals surface area (Å²) in [5, 5.41) is 0. The van der Waals surface area contributed by atoms with Gasteiger partial charge in [0.2, 0.25) is 0 Å². The van der Waals surface area contributed by atoms with Crippen LogP contribution >= 0.6 is 0 Å². The SMILES string of the molecule is CCCCCCCCCCCCCCCCC(CCCCCC)C(=O)OCCCCCCCCC. The number of hydrogen-bond acceptors (Lipinski definition) is 2. The first-order chi connectivity index (χ1) is 17.3. The van der Waals surface area contributed by atoms with Crippen LogP contribution in [0.2, 0.25) is 0 Å². The fourth-order valence-electron chi connectivity index (χ4n) is 5.13. The zero-order valence-electron chi connectivity index (χ0n) is 24.7. The molecule has 0 aromatic rings. The molecule has 0 saturated carbocycles. The van der Waals surface area contributed by atoms with Gasteiger partial charge in [0.15, 0.2) is 0 Å². The van der Waals surface area contributed by atoms with Crippen molar-refractivity contribution in [2.45, 2.75) is 194 Å². The minimum absolute atomic E-state index is 0.0992. The molecule has 0 heterocycles. The highest BCUT2D eigenvalue weighted by atomic mass is 16.5. The van der Waals surface area contributed by atoms with Gasteiger partial charge in [0.25, 0.3) is 0 Å². The molecule has 0 bridgehead atoms. The molecule has 2 heteroatoms. The van der Waals surface area contributed by atoms with Gasteiger partial charge >= 0.3 is 5.97 Å². The van der Waals surface area contributed by atoms with E-state index in [-0.39, 0.29) is 11.9 Å². The third-order valence-corrected chi connectivity index (χ3v) is 7.64. The van der Waals surface area contributed by atoms with Crippen molar-refractivity contribution in [3.63, 3.8) is 0 Å². The summed E-state index contributed by atoms with van der Waals surface area (Å²) in [6, 6.07) is 0. The molecule has 1 atom stereocenters. The van der Waals surface area contributed by atoms with Gasteiger partial charge in [-0.15, -0.1) is 0 Å². The molecule has 0 saturated heterocycles. The van der Waals surface area contributed by atoms with E-state index < -0.39 is 0 Å². The van der Waals surface area contributed by atoms with Crippen LogP contribution in [0.25, 0.3) is 0 Å². The summed E-state index contributed by atoms with van der Waals surface area (Å²) in [4.78, 5) is 12.7. The molecule has 0 aliphatic carbocycles. The van der Waals surface area contributed by atoms with E-state index in [9.17, 15) is 4.79 Å². The van der Waals surface area contributed by atoms with E-state index >= 15 is 0 Å². The Morgan fingerprint density at radius 1 is 0.429 bits per heavy atom. The molecule has 0 aromatic heterocycles. The first-order valence-electron chi connectivity index (χ1n) is 16.4. The van der Waals surface area contributed by atoms with Gasteiger partial charge < -0.3 is 4.74 Å². The fourth-order valence-corrected chi connectivity index (χ4v) is 5.13. The van der Waals surface area contributed by atoms with E-state index in [0.29, 0.717) is 6.61 Å². The van der Waals surface area contributed by atoms with Crippen molar-refractivity contribution in [2.75, 3.05) is 6.61 Å². The number of rotatable bonds is 29. The van der Waals surface area contributed by atoms with Crippen molar-refractivity contribution < 1.29 is 9.53 Å². The normalized spacial score (nSPS) is 12.2. The number of hydrogen-bond donors (Lipinski definition) is 0. The Bertz CT molecular complexity index is 406. The van der Waals surface area contributed by atoms with Crippen molar-refractivity contribution in [1.82, 2.24) is 0 Å². The zero-order chi connectivity index (χ0) is 25.7. The Morgan fingerprint density at radius 2 is 0.714 bits per heavy atom. The molecule has 2 nitrogen and oxygen atoms in total. The molecule has 0 fully saturated rings. The van der Waals surface area contributed by atoms with E-state index in [4.69, 9.17) is 4.74 Å². The molecule has 210 valence electrons. The molecular weight excluding hydrogens is 428 g/mol. The summed E-state index contributed by atoms with van der Waals surface area (Å²) in [5.41, 5.74) is 0. The Kier molecular flexibility index (Phi) is 29.2. The monoisotopic (exact) mass is 495 g/mol. The minimum Gasteiger partial charge on any atom is -0.465 e. The molecule has 0 rings (SSSR count). The molecule has 0 spiro atoms. The first-order valence-corrected chi connectivity index (χ1v) is 16.4. The number of unbranched alkanes of at least 4 members (excludes halogenated alkanes) is 22. The third kappa shape index (κ3) is 26.3. The van der Waals surface area contributed by atoms with E-state index in [0.717, 1.165) is 19.3 Å². The van der Waals surface area contributed by atoms with Gasteiger partial charge in [0, 0.05) is 0 Å². The standard InChI is InChI=1S/C33H66O2/c1-4-7-10-13-15-16-17-18-19-20-21-22-24-27-30-32(29-26-12-9-6-3)33(34)35-31-28-25-23-14-11-8-5-2/h32H,4-31H2,1-3H3. The molecule has 0 aliphatic rings. The van der Waals surface area contributed by atoms with E-state index in [1.165, 1.54) is 154 Å². The van der Waals surface area contributed by atoms with Gasteiger partial charge in [-0.05, 0) is 19.3 Å². The quantitative estimate of drug-likeness (QED) is 0.0763. The second kappa shape index (κ2) is 29.7. The molecular formula is C33H66O2. The maximum Gasteiger partial charge on any atom is 0.308 e. The van der Waals surface area contributed by atoms with Crippen LogP contribution in [0, 0.1) is 5.92 Å². The predicted octanol–water partition coefficient (Wildman–Crippen LogP) is 11.7. The lowest BCUT2D eigenvalue weighted by atomic mass is 9.94. The smallest absolute Gasteiger partial charge is 0.308 e. The minimum atomic E-state index is 0.0992. The van der Waals surface area contributed by atoms with Gasteiger partial charge in [-0.3, -0.25) is 4.79 Å². The second-order valence-electron chi connectivity index (χ2n) is 11.2. The zero-order valence-corrected chi connectivity index (χ0v) is 24.7. The number of carbonyl (C=O) groups excluding carboxylic acids is 1. The molecule has 0 aromatic carbocycles. The molecule has 0 amide bonds. The summed E-state index contributed by atoms with van der Waals surface area (Å²) >= 11 is 0. The molecule has 0 aliphatic heterocycles. The third-order valence-electron chi connectivity index (χ3n) is 7.64. The maximum absolute atomic E-state index is 12.7. The Morgan fingerprint density at radius 3 is 1.09 bits per heavy atom. The van der Waals surface area contributed by atoms with E-state index in [1.807, 2.05) is 0 Å². The fraction of sp³-hybridized carbons (Fsp3) is 0.970. The summed E-state index contributed by atoms with van der Waals surface area (Å²) in [6.45, 7) is 7.44. The number of esters is 1. The van der Waals surface area contributed by atoms with Crippen LogP contribution in [0.3, 0.4) is 0 Å².